The molecule has 1 amide bonds. The van der Waals surface area contributed by atoms with Crippen LogP contribution in [-0.4, -0.2) is 29.6 Å². The molecule has 18 heavy (non-hydrogen) atoms. The van der Waals surface area contributed by atoms with Gasteiger partial charge in [-0.3, -0.25) is 4.79 Å². The van der Waals surface area contributed by atoms with Crippen LogP contribution in [0.15, 0.2) is 18.2 Å². The van der Waals surface area contributed by atoms with E-state index in [9.17, 15) is 9.59 Å². The molecule has 1 heterocycles. The van der Waals surface area contributed by atoms with Gasteiger partial charge in [0, 0.05) is 12.2 Å². The Balaban J connectivity index is 2.32. The molecule has 1 atom stereocenters. The first-order chi connectivity index (χ1) is 8.50. The summed E-state index contributed by atoms with van der Waals surface area (Å²) in [5.74, 6) is -1.44. The van der Waals surface area contributed by atoms with E-state index in [0.717, 1.165) is 6.42 Å². The van der Waals surface area contributed by atoms with Crippen molar-refractivity contribution in [2.45, 2.75) is 18.9 Å². The van der Waals surface area contributed by atoms with Crippen LogP contribution in [0.4, 0.5) is 5.69 Å². The average molecular weight is 269 g/mol. The zero-order chi connectivity index (χ0) is 13.3. The highest BCUT2D eigenvalue weighted by Crippen LogP contribution is 2.29. The van der Waals surface area contributed by atoms with E-state index in [1.54, 1.807) is 17.0 Å². The van der Waals surface area contributed by atoms with Crippen molar-refractivity contribution in [2.24, 2.45) is 5.73 Å². The maximum atomic E-state index is 11.1. The minimum atomic E-state index is -0.845. The summed E-state index contributed by atoms with van der Waals surface area (Å²) in [6, 6.07) is 4.26. The largest absolute Gasteiger partial charge is 0.480 e. The Morgan fingerprint density at radius 3 is 2.72 bits per heavy atom. The Kier molecular flexibility index (Phi) is 3.43. The van der Waals surface area contributed by atoms with Crippen LogP contribution in [0.25, 0.3) is 0 Å². The van der Waals surface area contributed by atoms with Crippen LogP contribution in [-0.2, 0) is 4.79 Å². The summed E-state index contributed by atoms with van der Waals surface area (Å²) in [7, 11) is 0. The summed E-state index contributed by atoms with van der Waals surface area (Å²) < 4.78 is 0. The van der Waals surface area contributed by atoms with Gasteiger partial charge in [-0.15, -0.1) is 0 Å². The Labute approximate surface area is 109 Å². The molecule has 6 heteroatoms. The molecule has 1 unspecified atom stereocenters. The molecule has 96 valence electrons. The fourth-order valence-corrected chi connectivity index (χ4v) is 2.48. The third-order valence-corrected chi connectivity index (χ3v) is 3.40. The van der Waals surface area contributed by atoms with Crippen LogP contribution < -0.4 is 10.6 Å². The number of aliphatic carboxylic acids is 1. The molecule has 1 aromatic rings. The number of nitrogens with zero attached hydrogens (tertiary/aromatic N) is 1. The first-order valence-electron chi connectivity index (χ1n) is 5.59. The van der Waals surface area contributed by atoms with Crippen molar-refractivity contribution in [3.05, 3.63) is 28.8 Å². The first-order valence-corrected chi connectivity index (χ1v) is 5.97. The van der Waals surface area contributed by atoms with Gasteiger partial charge in [0.25, 0.3) is 0 Å². The summed E-state index contributed by atoms with van der Waals surface area (Å²) in [5.41, 5.74) is 6.11. The highest BCUT2D eigenvalue weighted by Gasteiger charge is 2.30. The second-order valence-electron chi connectivity index (χ2n) is 4.22. The fourth-order valence-electron chi connectivity index (χ4n) is 2.21. The van der Waals surface area contributed by atoms with Crippen molar-refractivity contribution in [2.75, 3.05) is 11.4 Å². The number of primary amides is 1. The monoisotopic (exact) mass is 268 g/mol. The predicted molar refractivity (Wildman–Crippen MR) is 68.0 cm³/mol. The highest BCUT2D eigenvalue weighted by molar-refractivity contribution is 6.34. The molecule has 1 aliphatic heterocycles. The van der Waals surface area contributed by atoms with E-state index < -0.39 is 17.9 Å². The lowest BCUT2D eigenvalue weighted by Crippen LogP contribution is -2.35. The molecule has 3 N–H and O–H groups in total. The van der Waals surface area contributed by atoms with Crippen LogP contribution in [0.2, 0.25) is 5.02 Å². The number of hydrogen-bond acceptors (Lipinski definition) is 3. The Hall–Kier alpha value is -1.75. The molecule has 0 saturated carbocycles. The molecule has 1 aromatic carbocycles. The van der Waals surface area contributed by atoms with Gasteiger partial charge in [-0.05, 0) is 31.0 Å². The van der Waals surface area contributed by atoms with Gasteiger partial charge in [-0.25, -0.2) is 4.79 Å². The molecule has 0 bridgehead atoms. The topological polar surface area (TPSA) is 83.6 Å². The maximum Gasteiger partial charge on any atom is 0.326 e. The zero-order valence-corrected chi connectivity index (χ0v) is 10.4. The van der Waals surface area contributed by atoms with Crippen LogP contribution in [0.5, 0.6) is 0 Å². The lowest BCUT2D eigenvalue weighted by atomic mass is 10.1. The molecular weight excluding hydrogens is 256 g/mol. The van der Waals surface area contributed by atoms with Gasteiger partial charge in [0.15, 0.2) is 0 Å². The van der Waals surface area contributed by atoms with Gasteiger partial charge in [-0.1, -0.05) is 11.6 Å². The lowest BCUT2D eigenvalue weighted by Gasteiger charge is -2.24. The predicted octanol–water partition coefficient (Wildman–Crippen LogP) is 1.49. The van der Waals surface area contributed by atoms with Crippen LogP contribution in [0.3, 0.4) is 0 Å². The molecule has 5 nitrogen and oxygen atoms in total. The quantitative estimate of drug-likeness (QED) is 0.870. The van der Waals surface area contributed by atoms with Gasteiger partial charge in [0.05, 0.1) is 10.6 Å². The fraction of sp³-hybridized carbons (Fsp3) is 0.333. The summed E-state index contributed by atoms with van der Waals surface area (Å²) in [5, 5.41) is 9.35. The van der Waals surface area contributed by atoms with Crippen LogP contribution >= 0.6 is 11.6 Å². The number of carboxylic acids is 1. The van der Waals surface area contributed by atoms with Crippen LogP contribution in [0.1, 0.15) is 23.2 Å². The van der Waals surface area contributed by atoms with E-state index in [-0.39, 0.29) is 10.6 Å². The molecular formula is C12H13ClN2O3. The van der Waals surface area contributed by atoms with Crippen molar-refractivity contribution in [1.29, 1.82) is 0 Å². The lowest BCUT2D eigenvalue weighted by molar-refractivity contribution is -0.138. The number of hydrogen-bond donors (Lipinski definition) is 2. The summed E-state index contributed by atoms with van der Waals surface area (Å²) in [6.45, 7) is 0.670. The third kappa shape index (κ3) is 2.26. The SMILES string of the molecule is NC(=O)c1ccc(N2CCCC2C(=O)O)cc1Cl. The standard InChI is InChI=1S/C12H13ClN2O3/c13-9-6-7(3-4-8(9)11(14)16)15-5-1-2-10(15)12(17)18/h3-4,6,10H,1-2,5H2,(H2,14,16)(H,17,18). The number of carboxylic acid groups (broad SMARTS) is 1. The number of nitrogens with two attached hydrogens (primary N) is 1. The number of rotatable bonds is 3. The van der Waals surface area contributed by atoms with E-state index in [1.807, 2.05) is 0 Å². The van der Waals surface area contributed by atoms with Gasteiger partial charge < -0.3 is 15.7 Å². The zero-order valence-electron chi connectivity index (χ0n) is 9.60. The van der Waals surface area contributed by atoms with E-state index in [0.29, 0.717) is 18.7 Å². The highest BCUT2D eigenvalue weighted by atomic mass is 35.5. The molecule has 1 fully saturated rings. The van der Waals surface area contributed by atoms with E-state index in [2.05, 4.69) is 0 Å². The van der Waals surface area contributed by atoms with Gasteiger partial charge in [0.2, 0.25) is 5.91 Å². The van der Waals surface area contributed by atoms with Crippen molar-refractivity contribution in [3.8, 4) is 0 Å². The van der Waals surface area contributed by atoms with Crippen molar-refractivity contribution >= 4 is 29.2 Å². The second-order valence-corrected chi connectivity index (χ2v) is 4.63. The normalized spacial score (nSPS) is 18.9. The third-order valence-electron chi connectivity index (χ3n) is 3.09. The summed E-state index contributed by atoms with van der Waals surface area (Å²) in [4.78, 5) is 23.9. The first kappa shape index (κ1) is 12.7. The number of halogens is 1. The molecule has 0 aromatic heterocycles. The Morgan fingerprint density at radius 2 is 2.17 bits per heavy atom. The van der Waals surface area contributed by atoms with Gasteiger partial charge >= 0.3 is 5.97 Å². The molecule has 0 spiro atoms. The van der Waals surface area contributed by atoms with Crippen molar-refractivity contribution in [3.63, 3.8) is 0 Å². The van der Waals surface area contributed by atoms with Gasteiger partial charge in [-0.2, -0.15) is 0 Å². The van der Waals surface area contributed by atoms with E-state index in [4.69, 9.17) is 22.4 Å². The van der Waals surface area contributed by atoms with Crippen molar-refractivity contribution < 1.29 is 14.7 Å². The maximum absolute atomic E-state index is 11.1. The number of amides is 1. The smallest absolute Gasteiger partial charge is 0.326 e. The van der Waals surface area contributed by atoms with E-state index in [1.165, 1.54) is 6.07 Å². The van der Waals surface area contributed by atoms with Crippen LogP contribution in [0, 0.1) is 0 Å². The average Bonchev–Trinajstić information content (AvgIpc) is 2.77. The molecule has 1 saturated heterocycles. The summed E-state index contributed by atoms with van der Waals surface area (Å²) in [6.07, 6.45) is 1.44. The number of carbonyl (C=O) groups excluding carboxylic acids is 1. The number of carbonyl (C=O) groups is 2. The molecule has 0 aliphatic carbocycles. The second kappa shape index (κ2) is 4.86. The minimum absolute atomic E-state index is 0.242. The Bertz CT molecular complexity index is 504. The van der Waals surface area contributed by atoms with Crippen molar-refractivity contribution in [1.82, 2.24) is 0 Å². The van der Waals surface area contributed by atoms with Gasteiger partial charge in [0.1, 0.15) is 6.04 Å². The molecule has 2 rings (SSSR count). The summed E-state index contributed by atoms with van der Waals surface area (Å²) >= 11 is 5.96. The number of anilines is 1. The molecule has 1 aliphatic rings. The molecule has 0 radical (unpaired) electrons. The number of benzene rings is 1. The van der Waals surface area contributed by atoms with E-state index >= 15 is 0 Å². The minimum Gasteiger partial charge on any atom is -0.480 e. The Morgan fingerprint density at radius 1 is 1.44 bits per heavy atom.